The van der Waals surface area contributed by atoms with Gasteiger partial charge >= 0.3 is 0 Å². The van der Waals surface area contributed by atoms with Gasteiger partial charge in [0.2, 0.25) is 15.9 Å². The smallest absolute Gasteiger partial charge is 0.232 e. The van der Waals surface area contributed by atoms with Crippen LogP contribution in [0, 0.1) is 0 Å². The van der Waals surface area contributed by atoms with Crippen LogP contribution in [0.4, 0.5) is 5.69 Å². The number of carbonyl (C=O) groups is 1. The number of benzene rings is 2. The third-order valence-corrected chi connectivity index (χ3v) is 4.98. The second-order valence-corrected chi connectivity index (χ2v) is 7.60. The summed E-state index contributed by atoms with van der Waals surface area (Å²) in [5.74, 6) is -0.237. The van der Waals surface area contributed by atoms with E-state index in [1.54, 1.807) is 36.4 Å². The van der Waals surface area contributed by atoms with Crippen LogP contribution in [0.5, 0.6) is 0 Å². The van der Waals surface area contributed by atoms with Gasteiger partial charge in [0.1, 0.15) is 0 Å². The minimum absolute atomic E-state index is 0.0619. The van der Waals surface area contributed by atoms with Gasteiger partial charge in [-0.05, 0) is 23.8 Å². The monoisotopic (exact) mass is 366 g/mol. The summed E-state index contributed by atoms with van der Waals surface area (Å²) in [6.07, 6.45) is 1.19. The van der Waals surface area contributed by atoms with Crippen LogP contribution in [0.3, 0.4) is 0 Å². The number of hydrogen-bond donors (Lipinski definition) is 1. The molecule has 0 saturated carbocycles. The highest BCUT2D eigenvalue weighted by molar-refractivity contribution is 7.92. The quantitative estimate of drug-likeness (QED) is 0.819. The number of sulfonamides is 1. The molecule has 128 valence electrons. The minimum atomic E-state index is -3.46. The molecule has 1 amide bonds. The normalized spacial score (nSPS) is 11.1. The van der Waals surface area contributed by atoms with Crippen molar-refractivity contribution in [3.63, 3.8) is 0 Å². The molecule has 0 spiro atoms. The number of halogens is 1. The van der Waals surface area contributed by atoms with Gasteiger partial charge in [-0.2, -0.15) is 0 Å². The van der Waals surface area contributed by atoms with Gasteiger partial charge in [-0.25, -0.2) is 8.42 Å². The average molecular weight is 367 g/mol. The molecule has 0 atom stereocenters. The molecular weight excluding hydrogens is 348 g/mol. The summed E-state index contributed by atoms with van der Waals surface area (Å²) < 4.78 is 25.1. The van der Waals surface area contributed by atoms with Crippen molar-refractivity contribution in [1.82, 2.24) is 5.32 Å². The van der Waals surface area contributed by atoms with Crippen molar-refractivity contribution < 1.29 is 13.2 Å². The van der Waals surface area contributed by atoms with Crippen molar-refractivity contribution in [2.75, 3.05) is 17.1 Å². The van der Waals surface area contributed by atoms with E-state index in [-0.39, 0.29) is 18.9 Å². The lowest BCUT2D eigenvalue weighted by Gasteiger charge is -2.22. The van der Waals surface area contributed by atoms with Crippen molar-refractivity contribution in [2.24, 2.45) is 0 Å². The van der Waals surface area contributed by atoms with E-state index in [4.69, 9.17) is 11.6 Å². The van der Waals surface area contributed by atoms with Gasteiger partial charge in [-0.1, -0.05) is 48.0 Å². The van der Waals surface area contributed by atoms with Crippen LogP contribution >= 0.6 is 11.6 Å². The largest absolute Gasteiger partial charge is 0.352 e. The molecule has 0 heterocycles. The Morgan fingerprint density at radius 1 is 1.08 bits per heavy atom. The van der Waals surface area contributed by atoms with Crippen molar-refractivity contribution in [1.29, 1.82) is 0 Å². The van der Waals surface area contributed by atoms with Gasteiger partial charge in [-0.15, -0.1) is 0 Å². The highest BCUT2D eigenvalue weighted by atomic mass is 35.5. The summed E-state index contributed by atoms with van der Waals surface area (Å²) in [5, 5.41) is 3.34. The molecular formula is C17H19ClN2O3S. The standard InChI is InChI=1S/C17H19ClN2O3S/c1-24(22,23)20(15-8-3-2-4-9-15)12-11-17(21)19-13-14-7-5-6-10-16(14)18/h2-10H,11-13H2,1H3,(H,19,21). The lowest BCUT2D eigenvalue weighted by Crippen LogP contribution is -2.34. The van der Waals surface area contributed by atoms with Gasteiger partial charge in [0.25, 0.3) is 0 Å². The Balaban J connectivity index is 1.95. The molecule has 2 aromatic rings. The molecule has 0 fully saturated rings. The molecule has 24 heavy (non-hydrogen) atoms. The van der Waals surface area contributed by atoms with Crippen molar-refractivity contribution in [3.8, 4) is 0 Å². The maximum Gasteiger partial charge on any atom is 0.232 e. The number of rotatable bonds is 7. The van der Waals surface area contributed by atoms with Crippen LogP contribution in [0.25, 0.3) is 0 Å². The third kappa shape index (κ3) is 5.25. The zero-order valence-electron chi connectivity index (χ0n) is 13.3. The summed E-state index contributed by atoms with van der Waals surface area (Å²) >= 11 is 6.04. The summed E-state index contributed by atoms with van der Waals surface area (Å²) in [7, 11) is -3.46. The van der Waals surface area contributed by atoms with Gasteiger partial charge in [-0.3, -0.25) is 9.10 Å². The number of hydrogen-bond acceptors (Lipinski definition) is 3. The number of nitrogens with zero attached hydrogens (tertiary/aromatic N) is 1. The molecule has 7 heteroatoms. The van der Waals surface area contributed by atoms with Crippen LogP contribution in [-0.4, -0.2) is 27.1 Å². The Morgan fingerprint density at radius 2 is 1.71 bits per heavy atom. The molecule has 1 N–H and O–H groups in total. The predicted octanol–water partition coefficient (Wildman–Crippen LogP) is 2.81. The van der Waals surface area contributed by atoms with Gasteiger partial charge in [0.05, 0.1) is 11.9 Å². The van der Waals surface area contributed by atoms with Crippen LogP contribution in [0.2, 0.25) is 5.02 Å². The average Bonchev–Trinajstić information content (AvgIpc) is 2.54. The maximum absolute atomic E-state index is 12.0. The highest BCUT2D eigenvalue weighted by Crippen LogP contribution is 2.17. The highest BCUT2D eigenvalue weighted by Gasteiger charge is 2.18. The van der Waals surface area contributed by atoms with E-state index in [2.05, 4.69) is 5.32 Å². The molecule has 0 aliphatic rings. The van der Waals surface area contributed by atoms with E-state index in [9.17, 15) is 13.2 Å². The number of para-hydroxylation sites is 1. The van der Waals surface area contributed by atoms with Crippen molar-refractivity contribution in [3.05, 3.63) is 65.2 Å². The lowest BCUT2D eigenvalue weighted by atomic mass is 10.2. The molecule has 2 rings (SSSR count). The topological polar surface area (TPSA) is 66.5 Å². The SMILES string of the molecule is CS(=O)(=O)N(CCC(=O)NCc1ccccc1Cl)c1ccccc1. The van der Waals surface area contributed by atoms with Crippen LogP contribution in [0.1, 0.15) is 12.0 Å². The van der Waals surface area contributed by atoms with E-state index in [1.807, 2.05) is 18.2 Å². The first-order chi connectivity index (χ1) is 11.4. The van der Waals surface area contributed by atoms with E-state index >= 15 is 0 Å². The van der Waals surface area contributed by atoms with E-state index in [0.29, 0.717) is 17.3 Å². The van der Waals surface area contributed by atoms with E-state index in [1.165, 1.54) is 4.31 Å². The number of carbonyl (C=O) groups excluding carboxylic acids is 1. The van der Waals surface area contributed by atoms with Crippen molar-refractivity contribution >= 4 is 33.2 Å². The molecule has 5 nitrogen and oxygen atoms in total. The molecule has 0 aliphatic heterocycles. The molecule has 0 saturated heterocycles. The zero-order valence-corrected chi connectivity index (χ0v) is 14.8. The lowest BCUT2D eigenvalue weighted by molar-refractivity contribution is -0.121. The van der Waals surface area contributed by atoms with Gasteiger partial charge < -0.3 is 5.32 Å². The maximum atomic E-state index is 12.0. The number of anilines is 1. The van der Waals surface area contributed by atoms with E-state index in [0.717, 1.165) is 11.8 Å². The van der Waals surface area contributed by atoms with Gasteiger partial charge in [0.15, 0.2) is 0 Å². The second-order valence-electron chi connectivity index (χ2n) is 5.29. The van der Waals surface area contributed by atoms with Gasteiger partial charge in [0, 0.05) is 24.5 Å². The summed E-state index contributed by atoms with van der Waals surface area (Å²) in [6, 6.07) is 16.0. The van der Waals surface area contributed by atoms with Crippen molar-refractivity contribution in [2.45, 2.75) is 13.0 Å². The number of amides is 1. The van der Waals surface area contributed by atoms with Crippen LogP contribution in [-0.2, 0) is 21.4 Å². The summed E-state index contributed by atoms with van der Waals surface area (Å²) in [4.78, 5) is 12.0. The fourth-order valence-electron chi connectivity index (χ4n) is 2.21. The fraction of sp³-hybridized carbons (Fsp3) is 0.235. The first-order valence-corrected chi connectivity index (χ1v) is 9.63. The van der Waals surface area contributed by atoms with Crippen LogP contribution < -0.4 is 9.62 Å². The molecule has 2 aromatic carbocycles. The molecule has 0 bridgehead atoms. The van der Waals surface area contributed by atoms with Crippen LogP contribution in [0.15, 0.2) is 54.6 Å². The molecule has 0 aromatic heterocycles. The van der Waals surface area contributed by atoms with E-state index < -0.39 is 10.0 Å². The summed E-state index contributed by atoms with van der Waals surface area (Å²) in [6.45, 7) is 0.389. The zero-order chi connectivity index (χ0) is 17.6. The molecule has 0 aliphatic carbocycles. The Bertz CT molecular complexity index is 794. The Morgan fingerprint density at radius 3 is 2.33 bits per heavy atom. The predicted molar refractivity (Wildman–Crippen MR) is 96.5 cm³/mol. The molecule has 0 unspecified atom stereocenters. The molecule has 0 radical (unpaired) electrons. The first-order valence-electron chi connectivity index (χ1n) is 7.41. The first kappa shape index (κ1) is 18.3. The Hall–Kier alpha value is -2.05. The fourth-order valence-corrected chi connectivity index (χ4v) is 3.34. The minimum Gasteiger partial charge on any atom is -0.352 e. The number of nitrogens with one attached hydrogen (secondary N) is 1. The second kappa shape index (κ2) is 8.17. The summed E-state index contributed by atoms with van der Waals surface area (Å²) in [5.41, 5.74) is 1.36. The third-order valence-electron chi connectivity index (χ3n) is 3.42. The Kier molecular flexibility index (Phi) is 6.23. The Labute approximate surface area is 147 Å².